The summed E-state index contributed by atoms with van der Waals surface area (Å²) in [5.41, 5.74) is 5.39. The van der Waals surface area contributed by atoms with Gasteiger partial charge < -0.3 is 10.8 Å². The van der Waals surface area contributed by atoms with Crippen LogP contribution in [0.2, 0.25) is 0 Å². The lowest BCUT2D eigenvalue weighted by molar-refractivity contribution is 0.160. The first-order chi connectivity index (χ1) is 8.84. The van der Waals surface area contributed by atoms with Gasteiger partial charge in [0.05, 0.1) is 17.1 Å². The normalized spacial score (nSPS) is 28.9. The molecule has 0 amide bonds. The SMILES string of the molecule is C[C@@H](O)[C@@H]1SCC(N)=N[C@]1(C)c1cc(Br)ccc1F. The number of thioether (sulfide) groups is 1. The molecule has 0 saturated heterocycles. The maximum Gasteiger partial charge on any atom is 0.128 e. The van der Waals surface area contributed by atoms with Crippen molar-refractivity contribution in [3.05, 3.63) is 34.1 Å². The molecule has 1 aliphatic rings. The van der Waals surface area contributed by atoms with Gasteiger partial charge in [-0.05, 0) is 32.0 Å². The number of aliphatic imine (C=N–C) groups is 1. The van der Waals surface area contributed by atoms with Crippen LogP contribution < -0.4 is 5.73 Å². The van der Waals surface area contributed by atoms with Crippen LogP contribution in [0.25, 0.3) is 0 Å². The minimum Gasteiger partial charge on any atom is -0.392 e. The van der Waals surface area contributed by atoms with Gasteiger partial charge >= 0.3 is 0 Å². The van der Waals surface area contributed by atoms with E-state index in [0.717, 1.165) is 4.47 Å². The van der Waals surface area contributed by atoms with Crippen LogP contribution in [0, 0.1) is 5.82 Å². The summed E-state index contributed by atoms with van der Waals surface area (Å²) >= 11 is 4.85. The van der Waals surface area contributed by atoms with E-state index in [4.69, 9.17) is 5.73 Å². The average Bonchev–Trinajstić information content (AvgIpc) is 2.31. The Hall–Kier alpha value is -0.590. The van der Waals surface area contributed by atoms with Gasteiger partial charge in [0, 0.05) is 10.0 Å². The topological polar surface area (TPSA) is 58.6 Å². The highest BCUT2D eigenvalue weighted by atomic mass is 79.9. The summed E-state index contributed by atoms with van der Waals surface area (Å²) in [4.78, 5) is 4.44. The highest BCUT2D eigenvalue weighted by Crippen LogP contribution is 2.42. The molecule has 0 bridgehead atoms. The number of nitrogens with zero attached hydrogens (tertiary/aromatic N) is 1. The molecule has 2 rings (SSSR count). The Morgan fingerprint density at radius 1 is 1.63 bits per heavy atom. The van der Waals surface area contributed by atoms with E-state index in [9.17, 15) is 9.50 Å². The minimum absolute atomic E-state index is 0.233. The van der Waals surface area contributed by atoms with E-state index in [-0.39, 0.29) is 11.1 Å². The van der Waals surface area contributed by atoms with Gasteiger partial charge in [0.1, 0.15) is 17.2 Å². The summed E-state index contributed by atoms with van der Waals surface area (Å²) in [6.07, 6.45) is -0.606. The van der Waals surface area contributed by atoms with Crippen molar-refractivity contribution in [1.82, 2.24) is 0 Å². The first-order valence-electron chi connectivity index (χ1n) is 5.94. The number of rotatable bonds is 2. The number of amidine groups is 1. The molecule has 6 heteroatoms. The maximum atomic E-state index is 14.1. The third-order valence-corrected chi connectivity index (χ3v) is 5.42. The quantitative estimate of drug-likeness (QED) is 0.865. The first kappa shape index (κ1) is 14.8. The molecule has 3 atom stereocenters. The third-order valence-electron chi connectivity index (χ3n) is 3.25. The van der Waals surface area contributed by atoms with Gasteiger partial charge in [0.15, 0.2) is 0 Å². The molecule has 0 spiro atoms. The van der Waals surface area contributed by atoms with Crippen molar-refractivity contribution in [2.75, 3.05) is 5.75 Å². The van der Waals surface area contributed by atoms with Crippen molar-refractivity contribution in [2.45, 2.75) is 30.7 Å². The van der Waals surface area contributed by atoms with Crippen LogP contribution in [0.1, 0.15) is 19.4 Å². The predicted molar refractivity (Wildman–Crippen MR) is 81.0 cm³/mol. The van der Waals surface area contributed by atoms with Crippen molar-refractivity contribution in [3.8, 4) is 0 Å². The number of halogens is 2. The van der Waals surface area contributed by atoms with Gasteiger partial charge in [-0.2, -0.15) is 0 Å². The molecule has 0 radical (unpaired) electrons. The highest BCUT2D eigenvalue weighted by Gasteiger charge is 2.43. The van der Waals surface area contributed by atoms with Gasteiger partial charge in [-0.25, -0.2) is 4.39 Å². The molecule has 0 saturated carbocycles. The summed E-state index contributed by atoms with van der Waals surface area (Å²) in [5.74, 6) is 0.694. The van der Waals surface area contributed by atoms with E-state index in [1.807, 2.05) is 6.92 Å². The number of benzene rings is 1. The van der Waals surface area contributed by atoms with Crippen molar-refractivity contribution in [1.29, 1.82) is 0 Å². The lowest BCUT2D eigenvalue weighted by Gasteiger charge is -2.39. The molecular formula is C13H16BrFN2OS. The van der Waals surface area contributed by atoms with Crippen LogP contribution in [0.3, 0.4) is 0 Å². The summed E-state index contributed by atoms with van der Waals surface area (Å²) in [6.45, 7) is 3.51. The predicted octanol–water partition coefficient (Wildman–Crippen LogP) is 2.66. The Bertz CT molecular complexity index is 523. The van der Waals surface area contributed by atoms with Gasteiger partial charge in [0.25, 0.3) is 0 Å². The Labute approximate surface area is 124 Å². The molecule has 0 aliphatic carbocycles. The Kier molecular flexibility index (Phi) is 4.23. The molecule has 3 N–H and O–H groups in total. The molecule has 1 aromatic rings. The van der Waals surface area contributed by atoms with Crippen LogP contribution >= 0.6 is 27.7 Å². The Morgan fingerprint density at radius 3 is 2.95 bits per heavy atom. The highest BCUT2D eigenvalue weighted by molar-refractivity contribution is 9.10. The largest absolute Gasteiger partial charge is 0.392 e. The number of aliphatic hydroxyl groups is 1. The Balaban J connectivity index is 2.59. The fourth-order valence-corrected chi connectivity index (χ4v) is 4.00. The number of hydrogen-bond donors (Lipinski definition) is 2. The average molecular weight is 347 g/mol. The molecule has 1 aliphatic heterocycles. The first-order valence-corrected chi connectivity index (χ1v) is 7.78. The summed E-state index contributed by atoms with van der Waals surface area (Å²) in [7, 11) is 0. The number of hydrogen-bond acceptors (Lipinski definition) is 4. The lowest BCUT2D eigenvalue weighted by Crippen LogP contribution is -2.46. The second kappa shape index (κ2) is 5.42. The van der Waals surface area contributed by atoms with Gasteiger partial charge in [-0.15, -0.1) is 11.8 Å². The molecule has 3 nitrogen and oxygen atoms in total. The molecule has 0 fully saturated rings. The minimum atomic E-state index is -0.866. The van der Waals surface area contributed by atoms with E-state index in [0.29, 0.717) is 17.2 Å². The van der Waals surface area contributed by atoms with Crippen LogP contribution in [0.15, 0.2) is 27.7 Å². The van der Waals surface area contributed by atoms with Gasteiger partial charge in [0.2, 0.25) is 0 Å². The van der Waals surface area contributed by atoms with Gasteiger partial charge in [-0.1, -0.05) is 15.9 Å². The monoisotopic (exact) mass is 346 g/mol. The van der Waals surface area contributed by atoms with Crippen LogP contribution in [0.4, 0.5) is 4.39 Å². The zero-order valence-electron chi connectivity index (χ0n) is 10.7. The summed E-state index contributed by atoms with van der Waals surface area (Å²) < 4.78 is 14.9. The zero-order valence-corrected chi connectivity index (χ0v) is 13.1. The second-order valence-corrected chi connectivity index (χ2v) is 6.89. The molecule has 104 valence electrons. The van der Waals surface area contributed by atoms with Crippen LogP contribution in [-0.2, 0) is 5.54 Å². The van der Waals surface area contributed by atoms with E-state index in [1.54, 1.807) is 19.1 Å². The smallest absolute Gasteiger partial charge is 0.128 e. The number of aliphatic hydroxyl groups excluding tert-OH is 1. The molecule has 1 heterocycles. The van der Waals surface area contributed by atoms with E-state index in [2.05, 4.69) is 20.9 Å². The molecular weight excluding hydrogens is 331 g/mol. The van der Waals surface area contributed by atoms with Crippen molar-refractivity contribution in [3.63, 3.8) is 0 Å². The fourth-order valence-electron chi connectivity index (χ4n) is 2.44. The number of nitrogens with two attached hydrogens (primary N) is 1. The third kappa shape index (κ3) is 2.80. The van der Waals surface area contributed by atoms with E-state index in [1.165, 1.54) is 17.8 Å². The van der Waals surface area contributed by atoms with Crippen molar-refractivity contribution in [2.24, 2.45) is 10.7 Å². The van der Waals surface area contributed by atoms with Crippen LogP contribution in [-0.4, -0.2) is 28.0 Å². The summed E-state index contributed by atoms with van der Waals surface area (Å²) in [6, 6.07) is 4.74. The van der Waals surface area contributed by atoms with Crippen LogP contribution in [0.5, 0.6) is 0 Å². The van der Waals surface area contributed by atoms with Crippen molar-refractivity contribution < 1.29 is 9.50 Å². The second-order valence-electron chi connectivity index (χ2n) is 4.85. The molecule has 0 aromatic heterocycles. The molecule has 0 unspecified atom stereocenters. The molecule has 1 aromatic carbocycles. The maximum absolute atomic E-state index is 14.1. The fraction of sp³-hybridized carbons (Fsp3) is 0.462. The van der Waals surface area contributed by atoms with E-state index >= 15 is 0 Å². The summed E-state index contributed by atoms with van der Waals surface area (Å²) in [5, 5.41) is 9.72. The standard InChI is InChI=1S/C13H16BrFN2OS/c1-7(18)12-13(2,17-11(16)6-19-12)9-5-8(14)3-4-10(9)15/h3-5,7,12,18H,6H2,1-2H3,(H2,16,17)/t7-,12+,13-/m1/s1. The van der Waals surface area contributed by atoms with Gasteiger partial charge in [-0.3, -0.25) is 4.99 Å². The zero-order chi connectivity index (χ0) is 14.2. The molecule has 19 heavy (non-hydrogen) atoms. The lowest BCUT2D eigenvalue weighted by atomic mass is 9.86. The van der Waals surface area contributed by atoms with E-state index < -0.39 is 11.6 Å². The van der Waals surface area contributed by atoms with Crippen molar-refractivity contribution >= 4 is 33.5 Å². The Morgan fingerprint density at radius 2 is 2.32 bits per heavy atom.